The zero-order chi connectivity index (χ0) is 12.1. The summed E-state index contributed by atoms with van der Waals surface area (Å²) in [6, 6.07) is 6.54. The highest BCUT2D eigenvalue weighted by atomic mass is 16.5. The van der Waals surface area contributed by atoms with Crippen molar-refractivity contribution < 1.29 is 19.4 Å². The first-order chi connectivity index (χ1) is 7.60. The van der Waals surface area contributed by atoms with Crippen molar-refractivity contribution in [2.75, 3.05) is 7.11 Å². The molecule has 1 aromatic carbocycles. The van der Waals surface area contributed by atoms with E-state index in [1.54, 1.807) is 30.3 Å². The number of methoxy groups -OCH3 is 1. The van der Waals surface area contributed by atoms with Crippen LogP contribution in [-0.2, 0) is 14.3 Å². The van der Waals surface area contributed by atoms with E-state index in [4.69, 9.17) is 5.11 Å². The monoisotopic (exact) mass is 220 g/mol. The van der Waals surface area contributed by atoms with Crippen molar-refractivity contribution in [2.45, 2.75) is 5.92 Å². The fraction of sp³-hybridized carbons (Fsp3) is 0.167. The van der Waals surface area contributed by atoms with Gasteiger partial charge in [-0.25, -0.2) is 0 Å². The van der Waals surface area contributed by atoms with Gasteiger partial charge in [0.2, 0.25) is 0 Å². The summed E-state index contributed by atoms with van der Waals surface area (Å²) < 4.78 is 4.44. The molecule has 1 unspecified atom stereocenters. The van der Waals surface area contributed by atoms with E-state index in [1.807, 2.05) is 0 Å². The number of aliphatic carboxylic acids is 1. The summed E-state index contributed by atoms with van der Waals surface area (Å²) in [6.45, 7) is 3.58. The van der Waals surface area contributed by atoms with E-state index in [1.165, 1.54) is 0 Å². The van der Waals surface area contributed by atoms with Crippen LogP contribution in [0.1, 0.15) is 17.0 Å². The van der Waals surface area contributed by atoms with Crippen LogP contribution in [-0.4, -0.2) is 24.2 Å². The van der Waals surface area contributed by atoms with Crippen LogP contribution in [0.25, 0.3) is 6.08 Å². The predicted octanol–water partition coefficient (Wildman–Crippen LogP) is 1.67. The summed E-state index contributed by atoms with van der Waals surface area (Å²) in [5.41, 5.74) is 1.25. The smallest absolute Gasteiger partial charge is 0.324 e. The molecule has 1 aromatic rings. The van der Waals surface area contributed by atoms with Crippen molar-refractivity contribution in [3.63, 3.8) is 0 Å². The van der Waals surface area contributed by atoms with Gasteiger partial charge >= 0.3 is 11.9 Å². The molecule has 0 amide bonds. The molecule has 4 nitrogen and oxygen atoms in total. The van der Waals surface area contributed by atoms with Crippen molar-refractivity contribution in [1.29, 1.82) is 0 Å². The quantitative estimate of drug-likeness (QED) is 0.619. The maximum atomic E-state index is 11.3. The van der Waals surface area contributed by atoms with Gasteiger partial charge in [0.05, 0.1) is 7.11 Å². The molecule has 0 saturated carbocycles. The molecule has 1 N–H and O–H groups in total. The maximum absolute atomic E-state index is 11.3. The molecular weight excluding hydrogens is 208 g/mol. The summed E-state index contributed by atoms with van der Waals surface area (Å²) in [6.07, 6.45) is 1.64. The number of carbonyl (C=O) groups excluding carboxylic acids is 1. The number of carboxylic acids is 1. The van der Waals surface area contributed by atoms with E-state index in [2.05, 4.69) is 11.3 Å². The molecule has 4 heteroatoms. The first-order valence-electron chi connectivity index (χ1n) is 4.63. The number of carbonyl (C=O) groups is 2. The molecule has 0 fully saturated rings. The molecule has 0 aromatic heterocycles. The Morgan fingerprint density at radius 3 is 2.31 bits per heavy atom. The summed E-state index contributed by atoms with van der Waals surface area (Å²) >= 11 is 0. The minimum atomic E-state index is -1.27. The molecular formula is C12H12O4. The van der Waals surface area contributed by atoms with Crippen LogP contribution in [0, 0.1) is 0 Å². The largest absolute Gasteiger partial charge is 0.480 e. The van der Waals surface area contributed by atoms with E-state index < -0.39 is 17.9 Å². The Morgan fingerprint density at radius 1 is 1.38 bits per heavy atom. The molecule has 0 aliphatic rings. The van der Waals surface area contributed by atoms with Crippen LogP contribution in [0.3, 0.4) is 0 Å². The van der Waals surface area contributed by atoms with Gasteiger partial charge in [-0.3, -0.25) is 9.59 Å². The van der Waals surface area contributed by atoms with Crippen LogP contribution >= 0.6 is 0 Å². The average Bonchev–Trinajstić information content (AvgIpc) is 2.29. The van der Waals surface area contributed by atoms with Crippen LogP contribution in [0.15, 0.2) is 30.8 Å². The first kappa shape index (κ1) is 12.0. The number of carboxylic acid groups (broad SMARTS) is 1. The summed E-state index contributed by atoms with van der Waals surface area (Å²) in [5, 5.41) is 8.93. The van der Waals surface area contributed by atoms with Crippen LogP contribution in [0.4, 0.5) is 0 Å². The van der Waals surface area contributed by atoms with Crippen LogP contribution < -0.4 is 0 Å². The van der Waals surface area contributed by atoms with Gasteiger partial charge in [-0.05, 0) is 11.1 Å². The fourth-order valence-electron chi connectivity index (χ4n) is 1.32. The van der Waals surface area contributed by atoms with Gasteiger partial charge in [-0.15, -0.1) is 0 Å². The molecule has 0 spiro atoms. The van der Waals surface area contributed by atoms with Gasteiger partial charge in [0, 0.05) is 0 Å². The Hall–Kier alpha value is -2.10. The first-order valence-corrected chi connectivity index (χ1v) is 4.63. The Morgan fingerprint density at radius 2 is 1.94 bits per heavy atom. The second-order valence-electron chi connectivity index (χ2n) is 3.17. The Kier molecular flexibility index (Phi) is 3.83. The lowest BCUT2D eigenvalue weighted by Gasteiger charge is -2.10. The molecule has 16 heavy (non-hydrogen) atoms. The van der Waals surface area contributed by atoms with Gasteiger partial charge in [0.25, 0.3) is 0 Å². The zero-order valence-corrected chi connectivity index (χ0v) is 8.84. The molecule has 0 heterocycles. The highest BCUT2D eigenvalue weighted by molar-refractivity contribution is 5.99. The number of hydrogen-bond acceptors (Lipinski definition) is 3. The topological polar surface area (TPSA) is 63.6 Å². The van der Waals surface area contributed by atoms with Gasteiger partial charge in [0.1, 0.15) is 0 Å². The van der Waals surface area contributed by atoms with E-state index in [-0.39, 0.29) is 0 Å². The number of hydrogen-bond donors (Lipinski definition) is 1. The minimum Gasteiger partial charge on any atom is -0.480 e. The Bertz CT molecular complexity index is 406. The Balaban J connectivity index is 3.06. The second-order valence-corrected chi connectivity index (χ2v) is 3.17. The molecule has 0 saturated heterocycles. The maximum Gasteiger partial charge on any atom is 0.324 e. The standard InChI is InChI=1S/C12H12O4/c1-3-8-4-6-9(7-5-8)10(11(13)14)12(15)16-2/h3-7,10H,1H2,2H3,(H,13,14). The van der Waals surface area contributed by atoms with Gasteiger partial charge in [-0.1, -0.05) is 36.9 Å². The second kappa shape index (κ2) is 5.11. The van der Waals surface area contributed by atoms with E-state index in [0.717, 1.165) is 12.7 Å². The summed E-state index contributed by atoms with van der Waals surface area (Å²) in [4.78, 5) is 22.2. The van der Waals surface area contributed by atoms with Gasteiger partial charge in [0.15, 0.2) is 5.92 Å². The van der Waals surface area contributed by atoms with E-state index >= 15 is 0 Å². The number of benzene rings is 1. The number of ether oxygens (including phenoxy) is 1. The SMILES string of the molecule is C=Cc1ccc(C(C(=O)O)C(=O)OC)cc1. The molecule has 0 radical (unpaired) electrons. The normalized spacial score (nSPS) is 11.6. The van der Waals surface area contributed by atoms with Gasteiger partial charge in [-0.2, -0.15) is 0 Å². The third-order valence-corrected chi connectivity index (χ3v) is 2.19. The van der Waals surface area contributed by atoms with Crippen molar-refractivity contribution in [2.24, 2.45) is 0 Å². The summed E-state index contributed by atoms with van der Waals surface area (Å²) in [7, 11) is 1.16. The van der Waals surface area contributed by atoms with Crippen molar-refractivity contribution in [1.82, 2.24) is 0 Å². The fourth-order valence-corrected chi connectivity index (χ4v) is 1.32. The van der Waals surface area contributed by atoms with Gasteiger partial charge < -0.3 is 9.84 Å². The molecule has 1 rings (SSSR count). The zero-order valence-electron chi connectivity index (χ0n) is 8.84. The van der Waals surface area contributed by atoms with Crippen LogP contribution in [0.2, 0.25) is 0 Å². The van der Waals surface area contributed by atoms with Crippen molar-refractivity contribution in [3.8, 4) is 0 Å². The molecule has 0 aliphatic carbocycles. The summed E-state index contributed by atoms with van der Waals surface area (Å²) in [5.74, 6) is -3.28. The highest BCUT2D eigenvalue weighted by Gasteiger charge is 2.28. The predicted molar refractivity (Wildman–Crippen MR) is 58.9 cm³/mol. The molecule has 0 aliphatic heterocycles. The highest BCUT2D eigenvalue weighted by Crippen LogP contribution is 2.18. The number of esters is 1. The number of rotatable bonds is 4. The van der Waals surface area contributed by atoms with E-state index in [0.29, 0.717) is 5.56 Å². The molecule has 1 atom stereocenters. The van der Waals surface area contributed by atoms with Crippen molar-refractivity contribution in [3.05, 3.63) is 42.0 Å². The minimum absolute atomic E-state index is 0.393. The molecule has 0 bridgehead atoms. The Labute approximate surface area is 93.2 Å². The lowest BCUT2D eigenvalue weighted by molar-refractivity contribution is -0.152. The van der Waals surface area contributed by atoms with Crippen LogP contribution in [0.5, 0.6) is 0 Å². The van der Waals surface area contributed by atoms with Crippen molar-refractivity contribution >= 4 is 18.0 Å². The average molecular weight is 220 g/mol. The molecule has 84 valence electrons. The lowest BCUT2D eigenvalue weighted by atomic mass is 9.98. The lowest BCUT2D eigenvalue weighted by Crippen LogP contribution is -2.22. The third kappa shape index (κ3) is 2.48. The third-order valence-electron chi connectivity index (χ3n) is 2.19. The van der Waals surface area contributed by atoms with E-state index in [9.17, 15) is 9.59 Å².